The maximum atomic E-state index is 13.2. The van der Waals surface area contributed by atoms with Gasteiger partial charge in [0, 0.05) is 0 Å². The maximum Gasteiger partial charge on any atom is 0.335 e. The molecule has 7 nitrogen and oxygen atoms in total. The summed E-state index contributed by atoms with van der Waals surface area (Å²) in [5.41, 5.74) is 0.220. The lowest BCUT2D eigenvalue weighted by Gasteiger charge is -2.26. The van der Waals surface area contributed by atoms with Crippen LogP contribution in [0.25, 0.3) is 6.08 Å². The lowest BCUT2D eigenvalue weighted by atomic mass is 10.1. The third-order valence-corrected chi connectivity index (χ3v) is 4.92. The Balaban J connectivity index is 2.00. The number of halogens is 2. The number of amides is 4. The first-order valence-electron chi connectivity index (χ1n) is 9.46. The molecule has 2 aromatic carbocycles. The lowest BCUT2D eigenvalue weighted by Crippen LogP contribution is -2.54. The van der Waals surface area contributed by atoms with E-state index in [9.17, 15) is 18.8 Å². The van der Waals surface area contributed by atoms with Crippen molar-refractivity contribution in [3.05, 3.63) is 58.4 Å². The Morgan fingerprint density at radius 1 is 1.19 bits per heavy atom. The van der Waals surface area contributed by atoms with Crippen LogP contribution in [0.2, 0.25) is 5.02 Å². The summed E-state index contributed by atoms with van der Waals surface area (Å²) in [5, 5.41) is 2.35. The van der Waals surface area contributed by atoms with E-state index in [0.717, 1.165) is 23.5 Å². The van der Waals surface area contributed by atoms with Crippen molar-refractivity contribution >= 4 is 41.2 Å². The minimum Gasteiger partial charge on any atom is -0.493 e. The van der Waals surface area contributed by atoms with Gasteiger partial charge in [0.2, 0.25) is 0 Å². The van der Waals surface area contributed by atoms with Gasteiger partial charge in [0.05, 0.1) is 23.9 Å². The Morgan fingerprint density at radius 2 is 1.87 bits per heavy atom. The van der Waals surface area contributed by atoms with E-state index in [1.807, 2.05) is 13.8 Å². The molecule has 4 amide bonds. The number of carbonyl (C=O) groups excluding carboxylic acids is 3. The Morgan fingerprint density at radius 3 is 2.48 bits per heavy atom. The van der Waals surface area contributed by atoms with Crippen molar-refractivity contribution in [3.63, 3.8) is 0 Å². The minimum atomic E-state index is -0.924. The van der Waals surface area contributed by atoms with Crippen molar-refractivity contribution in [2.75, 3.05) is 12.0 Å². The topological polar surface area (TPSA) is 84.9 Å². The number of methoxy groups -OCH3 is 1. The molecule has 1 fully saturated rings. The van der Waals surface area contributed by atoms with Crippen LogP contribution in [0.1, 0.15) is 25.8 Å². The van der Waals surface area contributed by atoms with E-state index in [1.165, 1.54) is 31.4 Å². The Hall–Kier alpha value is -3.39. The van der Waals surface area contributed by atoms with Crippen LogP contribution in [0, 0.1) is 5.82 Å². The second-order valence-electron chi connectivity index (χ2n) is 6.81. The Kier molecular flexibility index (Phi) is 6.60. The van der Waals surface area contributed by atoms with Crippen molar-refractivity contribution in [1.82, 2.24) is 5.32 Å². The van der Waals surface area contributed by atoms with E-state index in [1.54, 1.807) is 6.07 Å². The predicted molar refractivity (Wildman–Crippen MR) is 114 cm³/mol. The van der Waals surface area contributed by atoms with Crippen molar-refractivity contribution in [2.24, 2.45) is 0 Å². The van der Waals surface area contributed by atoms with Crippen LogP contribution in [-0.4, -0.2) is 31.1 Å². The van der Waals surface area contributed by atoms with Crippen LogP contribution in [-0.2, 0) is 9.59 Å². The fraction of sp³-hybridized carbons (Fsp3) is 0.227. The number of hydrogen-bond acceptors (Lipinski definition) is 5. The van der Waals surface area contributed by atoms with Crippen LogP contribution < -0.4 is 19.7 Å². The van der Waals surface area contributed by atoms with Gasteiger partial charge in [0.25, 0.3) is 11.8 Å². The molecule has 1 saturated heterocycles. The van der Waals surface area contributed by atoms with Crippen LogP contribution in [0.15, 0.2) is 42.0 Å². The number of benzene rings is 2. The van der Waals surface area contributed by atoms with Gasteiger partial charge in [-0.15, -0.1) is 0 Å². The SMILES string of the molecule is CC[C@H](C)Oc1c(Cl)cc(/C=C2\C(=O)NC(=O)N(c3ccc(F)cc3)C2=O)cc1OC. The lowest BCUT2D eigenvalue weighted by molar-refractivity contribution is -0.122. The number of anilines is 1. The fourth-order valence-electron chi connectivity index (χ4n) is 2.87. The van der Waals surface area contributed by atoms with E-state index in [-0.39, 0.29) is 22.4 Å². The largest absolute Gasteiger partial charge is 0.493 e. The third kappa shape index (κ3) is 4.69. The summed E-state index contributed by atoms with van der Waals surface area (Å²) in [7, 11) is 1.44. The quantitative estimate of drug-likeness (QED) is 0.527. The van der Waals surface area contributed by atoms with Crippen LogP contribution >= 0.6 is 11.6 Å². The molecule has 9 heteroatoms. The first-order chi connectivity index (χ1) is 14.7. The van der Waals surface area contributed by atoms with Crippen molar-refractivity contribution in [1.29, 1.82) is 0 Å². The molecule has 31 heavy (non-hydrogen) atoms. The zero-order valence-electron chi connectivity index (χ0n) is 17.1. The third-order valence-electron chi connectivity index (χ3n) is 4.64. The molecule has 0 saturated carbocycles. The summed E-state index contributed by atoms with van der Waals surface area (Å²) in [6.07, 6.45) is 1.95. The first-order valence-corrected chi connectivity index (χ1v) is 9.84. The van der Waals surface area contributed by atoms with Gasteiger partial charge >= 0.3 is 6.03 Å². The second-order valence-corrected chi connectivity index (χ2v) is 7.21. The highest BCUT2D eigenvalue weighted by Gasteiger charge is 2.36. The average molecular weight is 447 g/mol. The molecule has 0 spiro atoms. The monoisotopic (exact) mass is 446 g/mol. The molecule has 0 unspecified atom stereocenters. The number of imide groups is 2. The molecule has 0 aliphatic carbocycles. The molecule has 1 aliphatic heterocycles. The van der Waals surface area contributed by atoms with Crippen LogP contribution in [0.3, 0.4) is 0 Å². The summed E-state index contributed by atoms with van der Waals surface area (Å²) in [4.78, 5) is 38.2. The van der Waals surface area contributed by atoms with Crippen molar-refractivity contribution in [2.45, 2.75) is 26.4 Å². The van der Waals surface area contributed by atoms with E-state index in [0.29, 0.717) is 17.1 Å². The molecular weight excluding hydrogens is 427 g/mol. The normalized spacial score (nSPS) is 16.4. The van der Waals surface area contributed by atoms with E-state index in [4.69, 9.17) is 21.1 Å². The summed E-state index contributed by atoms with van der Waals surface area (Å²) in [6.45, 7) is 3.85. The Bertz CT molecular complexity index is 1070. The first kappa shape index (κ1) is 22.3. The van der Waals surface area contributed by atoms with Gasteiger partial charge in [-0.1, -0.05) is 18.5 Å². The number of rotatable bonds is 6. The van der Waals surface area contributed by atoms with Gasteiger partial charge in [-0.25, -0.2) is 14.1 Å². The predicted octanol–water partition coefficient (Wildman–Crippen LogP) is 4.33. The zero-order chi connectivity index (χ0) is 22.7. The summed E-state index contributed by atoms with van der Waals surface area (Å²) >= 11 is 6.35. The Labute approximate surface area is 183 Å². The zero-order valence-corrected chi connectivity index (χ0v) is 17.8. The van der Waals surface area contributed by atoms with Gasteiger partial charge < -0.3 is 9.47 Å². The number of carbonyl (C=O) groups is 3. The second kappa shape index (κ2) is 9.18. The van der Waals surface area contributed by atoms with Crippen molar-refractivity contribution in [3.8, 4) is 11.5 Å². The number of hydrogen-bond donors (Lipinski definition) is 1. The molecule has 3 rings (SSSR count). The molecule has 162 valence electrons. The van der Waals surface area contributed by atoms with Crippen LogP contribution in [0.5, 0.6) is 11.5 Å². The fourth-order valence-corrected chi connectivity index (χ4v) is 3.13. The molecule has 0 aromatic heterocycles. The molecule has 1 aliphatic rings. The van der Waals surface area contributed by atoms with E-state index in [2.05, 4.69) is 5.32 Å². The summed E-state index contributed by atoms with van der Waals surface area (Å²) in [6, 6.07) is 6.91. The van der Waals surface area contributed by atoms with Gasteiger partial charge in [0.15, 0.2) is 11.5 Å². The highest BCUT2D eigenvalue weighted by Crippen LogP contribution is 2.38. The molecule has 1 atom stereocenters. The van der Waals surface area contributed by atoms with Gasteiger partial charge in [-0.05, 0) is 61.4 Å². The molecule has 1 heterocycles. The number of urea groups is 1. The van der Waals surface area contributed by atoms with E-state index < -0.39 is 23.7 Å². The summed E-state index contributed by atoms with van der Waals surface area (Å²) in [5.74, 6) is -1.56. The molecule has 2 aromatic rings. The van der Waals surface area contributed by atoms with Gasteiger partial charge in [-0.2, -0.15) is 0 Å². The minimum absolute atomic E-state index is 0.100. The van der Waals surface area contributed by atoms with Gasteiger partial charge in [0.1, 0.15) is 11.4 Å². The number of ether oxygens (including phenoxy) is 2. The van der Waals surface area contributed by atoms with Crippen LogP contribution in [0.4, 0.5) is 14.9 Å². The smallest absolute Gasteiger partial charge is 0.335 e. The maximum absolute atomic E-state index is 13.2. The van der Waals surface area contributed by atoms with Crippen molar-refractivity contribution < 1.29 is 28.2 Å². The highest BCUT2D eigenvalue weighted by atomic mass is 35.5. The number of barbiturate groups is 1. The molecule has 0 radical (unpaired) electrons. The molecule has 0 bridgehead atoms. The van der Waals surface area contributed by atoms with Gasteiger partial charge in [-0.3, -0.25) is 14.9 Å². The molecular formula is C22H20ClFN2O5. The van der Waals surface area contributed by atoms with E-state index >= 15 is 0 Å². The number of nitrogens with one attached hydrogen (secondary N) is 1. The average Bonchev–Trinajstić information content (AvgIpc) is 2.73. The summed E-state index contributed by atoms with van der Waals surface area (Å²) < 4.78 is 24.4. The number of nitrogens with zero attached hydrogens (tertiary/aromatic N) is 1. The standard InChI is InChI=1S/C22H20ClFN2O5/c1-4-12(2)31-19-17(23)10-13(11-18(19)30-3)9-16-20(27)25-22(29)26(21(16)28)15-7-5-14(24)6-8-15/h5-12H,4H2,1-3H3,(H,25,27,29)/b16-9+/t12-/m0/s1. The molecule has 1 N–H and O–H groups in total. The highest BCUT2D eigenvalue weighted by molar-refractivity contribution is 6.39.